The van der Waals surface area contributed by atoms with Crippen molar-refractivity contribution >= 4 is 5.91 Å². The van der Waals surface area contributed by atoms with Gasteiger partial charge in [0, 0.05) is 13.0 Å². The summed E-state index contributed by atoms with van der Waals surface area (Å²) in [6.45, 7) is 0.526. The first-order chi connectivity index (χ1) is 10.1. The van der Waals surface area contributed by atoms with Gasteiger partial charge in [-0.1, -0.05) is 18.2 Å². The molecular formula is C14H16FN5O. The summed E-state index contributed by atoms with van der Waals surface area (Å²) in [5.74, 6) is 0.155. The fourth-order valence-electron chi connectivity index (χ4n) is 2.66. The summed E-state index contributed by atoms with van der Waals surface area (Å²) in [5.41, 5.74) is 6.21. The van der Waals surface area contributed by atoms with Gasteiger partial charge in [0.05, 0.1) is 18.3 Å². The van der Waals surface area contributed by atoms with Crippen molar-refractivity contribution < 1.29 is 9.18 Å². The van der Waals surface area contributed by atoms with Gasteiger partial charge in [0.15, 0.2) is 0 Å². The number of nitrogens with two attached hydrogens (primary N) is 1. The van der Waals surface area contributed by atoms with E-state index in [0.29, 0.717) is 12.4 Å². The largest absolute Gasteiger partial charge is 0.368 e. The smallest absolute Gasteiger partial charge is 0.234 e. The number of amides is 1. The number of carbonyl (C=O) groups is 1. The van der Waals surface area contributed by atoms with E-state index >= 15 is 0 Å². The van der Waals surface area contributed by atoms with Gasteiger partial charge in [0.2, 0.25) is 5.91 Å². The Hall–Kier alpha value is -2.28. The number of hydrogen-bond acceptors (Lipinski definition) is 4. The molecule has 0 spiro atoms. The first kappa shape index (κ1) is 13.7. The number of primary amides is 1. The van der Waals surface area contributed by atoms with Crippen LogP contribution >= 0.6 is 0 Å². The van der Waals surface area contributed by atoms with Crippen molar-refractivity contribution in [3.8, 4) is 5.69 Å². The number of halogens is 1. The van der Waals surface area contributed by atoms with Crippen LogP contribution in [0.25, 0.3) is 5.69 Å². The maximum absolute atomic E-state index is 13.5. The second-order valence-electron chi connectivity index (χ2n) is 5.10. The topological polar surface area (TPSA) is 77.0 Å². The Bertz CT molecular complexity index is 629. The number of benzene rings is 1. The molecule has 2 atom stereocenters. The van der Waals surface area contributed by atoms with Crippen molar-refractivity contribution in [2.75, 3.05) is 6.54 Å². The van der Waals surface area contributed by atoms with Crippen molar-refractivity contribution in [3.63, 3.8) is 0 Å². The number of rotatable bonds is 4. The summed E-state index contributed by atoms with van der Waals surface area (Å²) in [6.07, 6.45) is 0.565. The highest BCUT2D eigenvalue weighted by atomic mass is 19.1. The summed E-state index contributed by atoms with van der Waals surface area (Å²) in [7, 11) is 0. The molecule has 0 bridgehead atoms. The first-order valence-corrected chi connectivity index (χ1v) is 6.77. The van der Waals surface area contributed by atoms with Gasteiger partial charge in [0.1, 0.15) is 18.3 Å². The normalized spacial score (nSPS) is 22.5. The van der Waals surface area contributed by atoms with Crippen LogP contribution in [0.3, 0.4) is 0 Å². The standard InChI is InChI=1S/C14H16FN5O/c15-10-6-12(14(16)21)19(7-10)8-13-17-9-18-20(13)11-4-2-1-3-5-11/h1-5,9-10,12H,6-8H2,(H2,16,21)/t10-,12+/m1/s1. The van der Waals surface area contributed by atoms with Crippen LogP contribution in [0.1, 0.15) is 12.2 Å². The summed E-state index contributed by atoms with van der Waals surface area (Å²) >= 11 is 0. The number of para-hydroxylation sites is 1. The van der Waals surface area contributed by atoms with Gasteiger partial charge in [0.25, 0.3) is 0 Å². The lowest BCUT2D eigenvalue weighted by atomic mass is 10.2. The summed E-state index contributed by atoms with van der Waals surface area (Å²) < 4.78 is 15.2. The molecule has 0 radical (unpaired) electrons. The predicted molar refractivity (Wildman–Crippen MR) is 74.3 cm³/mol. The third-order valence-electron chi connectivity index (χ3n) is 3.64. The van der Waals surface area contributed by atoms with E-state index in [4.69, 9.17) is 5.73 Å². The van der Waals surface area contributed by atoms with Crippen LogP contribution in [0, 0.1) is 0 Å². The number of nitrogens with zero attached hydrogens (tertiary/aromatic N) is 4. The molecule has 0 saturated carbocycles. The molecule has 110 valence electrons. The minimum Gasteiger partial charge on any atom is -0.368 e. The number of likely N-dealkylation sites (tertiary alicyclic amines) is 1. The molecule has 21 heavy (non-hydrogen) atoms. The molecule has 1 saturated heterocycles. The van der Waals surface area contributed by atoms with E-state index in [1.807, 2.05) is 30.3 Å². The van der Waals surface area contributed by atoms with Crippen molar-refractivity contribution in [1.82, 2.24) is 19.7 Å². The summed E-state index contributed by atoms with van der Waals surface area (Å²) in [4.78, 5) is 17.3. The Balaban J connectivity index is 1.83. The molecule has 1 aliphatic rings. The number of alkyl halides is 1. The van der Waals surface area contributed by atoms with E-state index in [1.165, 1.54) is 6.33 Å². The van der Waals surface area contributed by atoms with E-state index in [0.717, 1.165) is 5.69 Å². The average Bonchev–Trinajstić information content (AvgIpc) is 3.07. The van der Waals surface area contributed by atoms with Gasteiger partial charge >= 0.3 is 0 Å². The fraction of sp³-hybridized carbons (Fsp3) is 0.357. The predicted octanol–water partition coefficient (Wildman–Crippen LogP) is 0.665. The maximum atomic E-state index is 13.5. The summed E-state index contributed by atoms with van der Waals surface area (Å²) in [5, 5.41) is 4.19. The van der Waals surface area contributed by atoms with E-state index in [1.54, 1.807) is 9.58 Å². The third kappa shape index (κ3) is 2.78. The second-order valence-corrected chi connectivity index (χ2v) is 5.10. The van der Waals surface area contributed by atoms with E-state index in [2.05, 4.69) is 10.1 Å². The van der Waals surface area contributed by atoms with E-state index in [9.17, 15) is 9.18 Å². The Morgan fingerprint density at radius 1 is 1.38 bits per heavy atom. The molecule has 3 rings (SSSR count). The van der Waals surface area contributed by atoms with Crippen LogP contribution < -0.4 is 5.73 Å². The van der Waals surface area contributed by atoms with E-state index < -0.39 is 18.1 Å². The van der Waals surface area contributed by atoms with Gasteiger partial charge in [-0.15, -0.1) is 0 Å². The first-order valence-electron chi connectivity index (χ1n) is 6.77. The highest BCUT2D eigenvalue weighted by Crippen LogP contribution is 2.22. The molecule has 0 aliphatic carbocycles. The Morgan fingerprint density at radius 3 is 2.86 bits per heavy atom. The maximum Gasteiger partial charge on any atom is 0.234 e. The number of aromatic nitrogens is 3. The summed E-state index contributed by atoms with van der Waals surface area (Å²) in [6, 6.07) is 8.95. The molecular weight excluding hydrogens is 273 g/mol. The Morgan fingerprint density at radius 2 is 2.14 bits per heavy atom. The second kappa shape index (κ2) is 5.61. The van der Waals surface area contributed by atoms with Crippen LogP contribution in [0.5, 0.6) is 0 Å². The lowest BCUT2D eigenvalue weighted by Gasteiger charge is -2.20. The number of hydrogen-bond donors (Lipinski definition) is 1. The molecule has 1 aliphatic heterocycles. The quantitative estimate of drug-likeness (QED) is 0.897. The zero-order valence-electron chi connectivity index (χ0n) is 11.4. The van der Waals surface area contributed by atoms with Crippen molar-refractivity contribution in [2.24, 2.45) is 5.73 Å². The molecule has 1 amide bonds. The Kier molecular flexibility index (Phi) is 3.66. The monoisotopic (exact) mass is 289 g/mol. The van der Waals surface area contributed by atoms with Gasteiger partial charge in [-0.05, 0) is 12.1 Å². The SMILES string of the molecule is NC(=O)[C@@H]1C[C@@H](F)CN1Cc1ncnn1-c1ccccc1. The fourth-order valence-corrected chi connectivity index (χ4v) is 2.66. The zero-order chi connectivity index (χ0) is 14.8. The van der Waals surface area contributed by atoms with Crippen LogP contribution in [-0.2, 0) is 11.3 Å². The molecule has 0 unspecified atom stereocenters. The minimum atomic E-state index is -1.03. The van der Waals surface area contributed by atoms with Gasteiger partial charge in [-0.2, -0.15) is 5.10 Å². The molecule has 6 nitrogen and oxygen atoms in total. The average molecular weight is 289 g/mol. The van der Waals surface area contributed by atoms with Crippen molar-refractivity contribution in [3.05, 3.63) is 42.5 Å². The van der Waals surface area contributed by atoms with Crippen LogP contribution in [0.15, 0.2) is 36.7 Å². The van der Waals surface area contributed by atoms with Gasteiger partial charge in [-0.3, -0.25) is 9.69 Å². The van der Waals surface area contributed by atoms with Crippen LogP contribution in [0.4, 0.5) is 4.39 Å². The number of carbonyl (C=O) groups excluding carboxylic acids is 1. The third-order valence-corrected chi connectivity index (χ3v) is 3.64. The van der Waals surface area contributed by atoms with Crippen molar-refractivity contribution in [1.29, 1.82) is 0 Å². The van der Waals surface area contributed by atoms with Crippen LogP contribution in [0.2, 0.25) is 0 Å². The highest BCUT2D eigenvalue weighted by molar-refractivity contribution is 5.80. The molecule has 2 N–H and O–H groups in total. The van der Waals surface area contributed by atoms with Gasteiger partial charge < -0.3 is 5.73 Å². The molecule has 2 aromatic rings. The van der Waals surface area contributed by atoms with E-state index in [-0.39, 0.29) is 13.0 Å². The molecule has 7 heteroatoms. The molecule has 1 fully saturated rings. The zero-order valence-corrected chi connectivity index (χ0v) is 11.4. The molecule has 1 aromatic carbocycles. The van der Waals surface area contributed by atoms with Gasteiger partial charge in [-0.25, -0.2) is 14.1 Å². The van der Waals surface area contributed by atoms with Crippen molar-refractivity contribution in [2.45, 2.75) is 25.2 Å². The lowest BCUT2D eigenvalue weighted by molar-refractivity contribution is -0.122. The molecule has 1 aromatic heterocycles. The van der Waals surface area contributed by atoms with Crippen LogP contribution in [-0.4, -0.2) is 44.3 Å². The lowest BCUT2D eigenvalue weighted by Crippen LogP contribution is -2.40. The highest BCUT2D eigenvalue weighted by Gasteiger charge is 2.36. The molecule has 2 heterocycles. The Labute approximate surface area is 121 Å². The minimum absolute atomic E-state index is 0.148.